The van der Waals surface area contributed by atoms with Crippen molar-refractivity contribution >= 4 is 5.78 Å². The van der Waals surface area contributed by atoms with E-state index in [1.54, 1.807) is 0 Å². The number of phenolic OH excluding ortho intramolecular Hbond substituents is 2. The molecule has 2 aromatic rings. The van der Waals surface area contributed by atoms with Crippen molar-refractivity contribution in [1.29, 1.82) is 0 Å². The standard InChI is InChI=1S/C24H29NO20/c1-44-14-11(26)9-10(13(28)15(14)45-2)17(29,30)16(12(9)27)18(31,32)20(35)21(36,37)23(40,41)25(24(42,43)22(20,38)39)19(33,34)8-6-4-3-5-7-8/h3-7,16,26,28-43H,1-2H3. The molecule has 0 radical (unpaired) electrons. The molecule has 0 amide bonds. The highest BCUT2D eigenvalue weighted by Crippen LogP contribution is 2.63. The Morgan fingerprint density at radius 3 is 1.56 bits per heavy atom. The minimum absolute atomic E-state index is 0.726. The van der Waals surface area contributed by atoms with Gasteiger partial charge in [0.1, 0.15) is 5.92 Å². The Morgan fingerprint density at radius 1 is 0.711 bits per heavy atom. The number of carbonyl (C=O) groups is 1. The SMILES string of the molecule is COc1c(O)c2c(c(O)c1OC)C(O)(O)C(C(O)(O)C1(O)C(O)(O)C(O)(O)N(C(O)(O)c3ccccc3)C(O)(O)C1(O)O)C2=O. The van der Waals surface area contributed by atoms with Crippen molar-refractivity contribution in [3.8, 4) is 23.0 Å². The molecule has 1 aliphatic heterocycles. The molecule has 1 heterocycles. The average molecular weight is 651 g/mol. The van der Waals surface area contributed by atoms with Crippen LogP contribution in [0.5, 0.6) is 23.0 Å². The van der Waals surface area contributed by atoms with E-state index in [9.17, 15) is 91.6 Å². The number of nitrogens with zero attached hydrogens (tertiary/aromatic N) is 1. The molecule has 1 aliphatic carbocycles. The summed E-state index contributed by atoms with van der Waals surface area (Å²) in [5, 5.41) is 185. The number of ether oxygens (including phenoxy) is 2. The predicted octanol–water partition coefficient (Wildman–Crippen LogP) is -7.77. The zero-order valence-corrected chi connectivity index (χ0v) is 22.7. The predicted molar refractivity (Wildman–Crippen MR) is 132 cm³/mol. The molecule has 2 aliphatic rings. The van der Waals surface area contributed by atoms with Crippen molar-refractivity contribution in [3.63, 3.8) is 0 Å². The van der Waals surface area contributed by atoms with Gasteiger partial charge in [0.2, 0.25) is 28.7 Å². The van der Waals surface area contributed by atoms with Crippen LogP contribution < -0.4 is 9.47 Å². The van der Waals surface area contributed by atoms with Crippen molar-refractivity contribution in [3.05, 3.63) is 47.0 Å². The van der Waals surface area contributed by atoms with Crippen molar-refractivity contribution in [1.82, 2.24) is 4.90 Å². The largest absolute Gasteiger partial charge is 0.504 e. The Bertz CT molecular complexity index is 1500. The lowest BCUT2D eigenvalue weighted by Crippen LogP contribution is -2.99. The number of Topliss-reactive ketones (excluding diaryl/α,β-unsaturated/α-hetero) is 1. The van der Waals surface area contributed by atoms with Crippen molar-refractivity contribution in [2.45, 2.75) is 46.5 Å². The van der Waals surface area contributed by atoms with Crippen LogP contribution in [0.15, 0.2) is 30.3 Å². The summed E-state index contributed by atoms with van der Waals surface area (Å²) in [4.78, 5) is 12.0. The molecule has 0 aromatic heterocycles. The third-order valence-electron chi connectivity index (χ3n) is 8.02. The summed E-state index contributed by atoms with van der Waals surface area (Å²) in [7, 11) is 1.69. The molecular formula is C24H29NO20. The zero-order valence-electron chi connectivity index (χ0n) is 22.7. The number of aliphatic hydroxyl groups is 15. The number of benzene rings is 2. The summed E-state index contributed by atoms with van der Waals surface area (Å²) in [5.41, 5.74) is -9.69. The molecule has 2 aromatic carbocycles. The van der Waals surface area contributed by atoms with E-state index in [1.807, 2.05) is 0 Å². The fourth-order valence-electron chi connectivity index (χ4n) is 5.80. The summed E-state index contributed by atoms with van der Waals surface area (Å²) >= 11 is 0. The van der Waals surface area contributed by atoms with E-state index in [1.165, 1.54) is 6.07 Å². The molecule has 45 heavy (non-hydrogen) atoms. The van der Waals surface area contributed by atoms with E-state index in [-0.39, 0.29) is 0 Å². The molecule has 17 N–H and O–H groups in total. The first kappa shape index (κ1) is 34.5. The normalized spacial score (nSPS) is 24.6. The second-order valence-corrected chi connectivity index (χ2v) is 10.4. The molecule has 1 saturated heterocycles. The Kier molecular flexibility index (Phi) is 7.37. The van der Waals surface area contributed by atoms with E-state index >= 15 is 0 Å². The Labute approximate surface area is 249 Å². The Balaban J connectivity index is 2.03. The maximum atomic E-state index is 13.5. The number of phenols is 2. The van der Waals surface area contributed by atoms with Gasteiger partial charge < -0.3 is 96.3 Å². The maximum Gasteiger partial charge on any atom is 0.294 e. The molecule has 250 valence electrons. The van der Waals surface area contributed by atoms with E-state index < -0.39 is 103 Å². The van der Waals surface area contributed by atoms with Gasteiger partial charge in [0, 0.05) is 5.56 Å². The van der Waals surface area contributed by atoms with Crippen LogP contribution in [-0.4, -0.2) is 146 Å². The fourth-order valence-corrected chi connectivity index (χ4v) is 5.80. The van der Waals surface area contributed by atoms with Gasteiger partial charge in [-0.1, -0.05) is 30.3 Å². The first-order valence-corrected chi connectivity index (χ1v) is 12.2. The number of rotatable bonds is 6. The average Bonchev–Trinajstić information content (AvgIpc) is 3.14. The molecule has 1 fully saturated rings. The van der Waals surface area contributed by atoms with Crippen molar-refractivity contribution in [2.24, 2.45) is 5.92 Å². The topological polar surface area (TPSA) is 383 Å². The van der Waals surface area contributed by atoms with Crippen LogP contribution in [0.3, 0.4) is 0 Å². The minimum atomic E-state index is -5.68. The Hall–Kier alpha value is -3.33. The number of aromatic hydroxyl groups is 2. The molecule has 1 unspecified atom stereocenters. The number of methoxy groups -OCH3 is 2. The molecule has 21 heteroatoms. The molecule has 4 rings (SSSR count). The minimum Gasteiger partial charge on any atom is -0.504 e. The van der Waals surface area contributed by atoms with Gasteiger partial charge in [-0.2, -0.15) is 0 Å². The van der Waals surface area contributed by atoms with Crippen LogP contribution in [0.25, 0.3) is 0 Å². The first-order valence-electron chi connectivity index (χ1n) is 12.2. The van der Waals surface area contributed by atoms with E-state index in [4.69, 9.17) is 9.47 Å². The van der Waals surface area contributed by atoms with Crippen LogP contribution in [0.1, 0.15) is 21.5 Å². The van der Waals surface area contributed by atoms with Gasteiger partial charge in [0.15, 0.2) is 17.3 Å². The number of ketones is 1. The second kappa shape index (κ2) is 9.60. The van der Waals surface area contributed by atoms with Gasteiger partial charge in [-0.15, -0.1) is 4.90 Å². The van der Waals surface area contributed by atoms with E-state index in [2.05, 4.69) is 0 Å². The quantitative estimate of drug-likeness (QED) is 0.102. The summed E-state index contributed by atoms with van der Waals surface area (Å²) in [6, 6.07) is 4.77. The lowest BCUT2D eigenvalue weighted by molar-refractivity contribution is -0.647. The van der Waals surface area contributed by atoms with Gasteiger partial charge >= 0.3 is 0 Å². The fraction of sp³-hybridized carbons (Fsp3) is 0.458. The molecule has 0 spiro atoms. The van der Waals surface area contributed by atoms with Gasteiger partial charge in [0.25, 0.3) is 29.3 Å². The Morgan fingerprint density at radius 2 is 1.13 bits per heavy atom. The highest BCUT2D eigenvalue weighted by atomic mass is 16.7. The van der Waals surface area contributed by atoms with E-state index in [0.29, 0.717) is 0 Å². The van der Waals surface area contributed by atoms with Crippen LogP contribution in [0.4, 0.5) is 0 Å². The second-order valence-electron chi connectivity index (χ2n) is 10.4. The third-order valence-corrected chi connectivity index (χ3v) is 8.02. The van der Waals surface area contributed by atoms with Gasteiger partial charge in [-0.05, 0) is 0 Å². The van der Waals surface area contributed by atoms with Crippen LogP contribution in [-0.2, 0) is 11.7 Å². The number of fused-ring (bicyclic) bond motifs is 1. The van der Waals surface area contributed by atoms with Crippen LogP contribution in [0, 0.1) is 5.92 Å². The summed E-state index contributed by atoms with van der Waals surface area (Å²) in [6.45, 7) is 0. The molecule has 0 bridgehead atoms. The molecule has 0 saturated carbocycles. The van der Waals surface area contributed by atoms with Gasteiger partial charge in [-0.3, -0.25) is 4.79 Å². The lowest BCUT2D eigenvalue weighted by Gasteiger charge is -2.66. The molecule has 21 nitrogen and oxygen atoms in total. The number of likely N-dealkylation sites (tertiary alicyclic amines) is 1. The molecule has 1 atom stereocenters. The molecular weight excluding hydrogens is 622 g/mol. The van der Waals surface area contributed by atoms with Gasteiger partial charge in [-0.25, -0.2) is 0 Å². The number of piperidine rings is 1. The highest BCUT2D eigenvalue weighted by Gasteiger charge is 2.93. The smallest absolute Gasteiger partial charge is 0.294 e. The summed E-state index contributed by atoms with van der Waals surface area (Å²) in [5.74, 6) is -46.5. The number of carbonyl (C=O) groups excluding carboxylic acids is 1. The zero-order chi connectivity index (χ0) is 34.7. The van der Waals surface area contributed by atoms with Gasteiger partial charge in [0.05, 0.1) is 25.3 Å². The maximum absolute atomic E-state index is 13.5. The lowest BCUT2D eigenvalue weighted by atomic mass is 9.64. The number of hydrogen-bond donors (Lipinski definition) is 17. The first-order chi connectivity index (χ1) is 20.2. The van der Waals surface area contributed by atoms with Crippen molar-refractivity contribution in [2.75, 3.05) is 14.2 Å². The van der Waals surface area contributed by atoms with Crippen molar-refractivity contribution < 1.29 is 101 Å². The third kappa shape index (κ3) is 3.73. The van der Waals surface area contributed by atoms with E-state index in [0.717, 1.165) is 38.5 Å². The number of hydrogen-bond acceptors (Lipinski definition) is 21. The van der Waals surface area contributed by atoms with Crippen LogP contribution >= 0.6 is 0 Å². The summed E-state index contributed by atoms with van der Waals surface area (Å²) in [6.07, 6.45) is 0. The monoisotopic (exact) mass is 651 g/mol. The van der Waals surface area contributed by atoms with Crippen LogP contribution in [0.2, 0.25) is 0 Å². The highest BCUT2D eigenvalue weighted by molar-refractivity contribution is 6.08. The summed E-state index contributed by atoms with van der Waals surface area (Å²) < 4.78 is 9.55.